The van der Waals surface area contributed by atoms with E-state index in [0.29, 0.717) is 0 Å². The van der Waals surface area contributed by atoms with E-state index in [0.717, 1.165) is 5.56 Å². The first kappa shape index (κ1) is 11.1. The summed E-state index contributed by atoms with van der Waals surface area (Å²) < 4.78 is 4.37. The lowest BCUT2D eigenvalue weighted by molar-refractivity contribution is 0.0930. The summed E-state index contributed by atoms with van der Waals surface area (Å²) in [5.41, 5.74) is 6.43. The molecule has 0 spiro atoms. The van der Waals surface area contributed by atoms with E-state index in [1.54, 1.807) is 0 Å². The molecule has 0 fully saturated rings. The van der Waals surface area contributed by atoms with Gasteiger partial charge in [-0.25, -0.2) is 4.63 Å². The van der Waals surface area contributed by atoms with E-state index >= 15 is 0 Å². The lowest BCUT2D eigenvalue weighted by Crippen LogP contribution is -2.27. The third-order valence-electron chi connectivity index (χ3n) is 2.38. The van der Waals surface area contributed by atoms with Crippen LogP contribution in [0.2, 0.25) is 0 Å². The Balaban J connectivity index is 2.08. The number of carbonyl (C=O) groups excluding carboxylic acids is 1. The third-order valence-corrected chi connectivity index (χ3v) is 2.38. The molecular weight excluding hydrogens is 220 g/mol. The molecule has 0 aliphatic carbocycles. The predicted molar refractivity (Wildman–Crippen MR) is 61.0 cm³/mol. The number of anilines is 1. The van der Waals surface area contributed by atoms with Crippen molar-refractivity contribution < 1.29 is 9.42 Å². The van der Waals surface area contributed by atoms with E-state index in [9.17, 15) is 4.79 Å². The summed E-state index contributed by atoms with van der Waals surface area (Å²) in [5.74, 6) is -0.414. The van der Waals surface area contributed by atoms with Crippen molar-refractivity contribution in [3.63, 3.8) is 0 Å². The number of hydrogen-bond acceptors (Lipinski definition) is 5. The Kier molecular flexibility index (Phi) is 3.04. The Hall–Kier alpha value is -2.37. The number of nitrogens with one attached hydrogen (secondary N) is 1. The largest absolute Gasteiger partial charge is 0.379 e. The Morgan fingerprint density at radius 2 is 2.06 bits per heavy atom. The van der Waals surface area contributed by atoms with Crippen LogP contribution in [0.3, 0.4) is 0 Å². The molecule has 0 saturated carbocycles. The van der Waals surface area contributed by atoms with Gasteiger partial charge in [0.2, 0.25) is 11.5 Å². The molecule has 0 saturated heterocycles. The van der Waals surface area contributed by atoms with Crippen molar-refractivity contribution in [2.24, 2.45) is 0 Å². The molecule has 1 amide bonds. The summed E-state index contributed by atoms with van der Waals surface area (Å²) in [7, 11) is 0. The van der Waals surface area contributed by atoms with Gasteiger partial charge in [0.25, 0.3) is 5.91 Å². The minimum Gasteiger partial charge on any atom is -0.379 e. The number of amides is 1. The summed E-state index contributed by atoms with van der Waals surface area (Å²) in [4.78, 5) is 11.8. The Morgan fingerprint density at radius 3 is 2.65 bits per heavy atom. The number of benzene rings is 1. The number of carbonyl (C=O) groups is 1. The van der Waals surface area contributed by atoms with Crippen molar-refractivity contribution in [1.29, 1.82) is 0 Å². The molecule has 2 rings (SSSR count). The second-order valence-corrected chi connectivity index (χ2v) is 3.60. The molecule has 0 aliphatic heterocycles. The number of rotatable bonds is 3. The van der Waals surface area contributed by atoms with Crippen LogP contribution in [0.25, 0.3) is 0 Å². The van der Waals surface area contributed by atoms with Crippen LogP contribution in [0, 0.1) is 0 Å². The van der Waals surface area contributed by atoms with Crippen molar-refractivity contribution in [2.45, 2.75) is 13.0 Å². The van der Waals surface area contributed by atoms with Gasteiger partial charge in [-0.05, 0) is 22.8 Å². The van der Waals surface area contributed by atoms with Crippen LogP contribution >= 0.6 is 0 Å². The second kappa shape index (κ2) is 4.65. The third kappa shape index (κ3) is 2.41. The molecule has 1 aromatic carbocycles. The van der Waals surface area contributed by atoms with Gasteiger partial charge in [-0.15, -0.1) is 0 Å². The van der Waals surface area contributed by atoms with Gasteiger partial charge in [-0.3, -0.25) is 4.79 Å². The average molecular weight is 232 g/mol. The minimum atomic E-state index is -0.403. The normalized spacial score (nSPS) is 12.1. The molecule has 0 radical (unpaired) electrons. The van der Waals surface area contributed by atoms with Gasteiger partial charge < -0.3 is 11.1 Å². The molecule has 3 N–H and O–H groups in total. The Labute approximate surface area is 97.8 Å². The molecule has 0 aliphatic rings. The fourth-order valence-electron chi connectivity index (χ4n) is 1.44. The van der Waals surface area contributed by atoms with E-state index in [2.05, 4.69) is 20.3 Å². The Bertz CT molecular complexity index is 509. The van der Waals surface area contributed by atoms with Crippen LogP contribution in [0.15, 0.2) is 35.0 Å². The molecule has 0 bridgehead atoms. The number of nitrogens with zero attached hydrogens (tertiary/aromatic N) is 2. The summed E-state index contributed by atoms with van der Waals surface area (Å²) >= 11 is 0. The van der Waals surface area contributed by atoms with Gasteiger partial charge in [0.1, 0.15) is 0 Å². The van der Waals surface area contributed by atoms with Crippen LogP contribution in [-0.2, 0) is 0 Å². The standard InChI is InChI=1S/C11H12N4O2/c1-7(8-5-3-2-4-6-8)13-11(16)9-10(12)15-17-14-9/h2-7H,1H3,(H2,12,15)(H,13,16). The molecule has 1 aromatic heterocycles. The first-order valence-corrected chi connectivity index (χ1v) is 5.12. The van der Waals surface area contributed by atoms with Gasteiger partial charge >= 0.3 is 0 Å². The van der Waals surface area contributed by atoms with Gasteiger partial charge in [-0.1, -0.05) is 30.3 Å². The number of hydrogen-bond donors (Lipinski definition) is 2. The van der Waals surface area contributed by atoms with E-state index in [-0.39, 0.29) is 17.6 Å². The van der Waals surface area contributed by atoms with Gasteiger partial charge in [0.15, 0.2) is 0 Å². The summed E-state index contributed by atoms with van der Waals surface area (Å²) in [6.45, 7) is 1.87. The maximum Gasteiger partial charge on any atom is 0.277 e. The van der Waals surface area contributed by atoms with Crippen LogP contribution in [0.1, 0.15) is 29.0 Å². The topological polar surface area (TPSA) is 94.0 Å². The number of nitrogens with two attached hydrogens (primary N) is 1. The smallest absolute Gasteiger partial charge is 0.277 e. The van der Waals surface area contributed by atoms with E-state index in [1.165, 1.54) is 0 Å². The van der Waals surface area contributed by atoms with E-state index in [1.807, 2.05) is 37.3 Å². The molecule has 88 valence electrons. The Morgan fingerprint density at radius 1 is 1.35 bits per heavy atom. The number of nitrogen functional groups attached to an aromatic ring is 1. The number of aromatic nitrogens is 2. The van der Waals surface area contributed by atoms with Crippen LogP contribution in [0.4, 0.5) is 5.82 Å². The highest BCUT2D eigenvalue weighted by Gasteiger charge is 2.18. The lowest BCUT2D eigenvalue weighted by Gasteiger charge is -2.12. The zero-order valence-electron chi connectivity index (χ0n) is 9.25. The van der Waals surface area contributed by atoms with Gasteiger partial charge in [0.05, 0.1) is 6.04 Å². The fourth-order valence-corrected chi connectivity index (χ4v) is 1.44. The van der Waals surface area contributed by atoms with Crippen molar-refractivity contribution >= 4 is 11.7 Å². The maximum atomic E-state index is 11.8. The molecule has 1 unspecified atom stereocenters. The monoisotopic (exact) mass is 232 g/mol. The van der Waals surface area contributed by atoms with Crippen LogP contribution in [0.5, 0.6) is 0 Å². The molecule has 17 heavy (non-hydrogen) atoms. The van der Waals surface area contributed by atoms with Crippen molar-refractivity contribution in [1.82, 2.24) is 15.6 Å². The van der Waals surface area contributed by atoms with Gasteiger partial charge in [-0.2, -0.15) is 0 Å². The highest BCUT2D eigenvalue weighted by atomic mass is 16.6. The lowest BCUT2D eigenvalue weighted by atomic mass is 10.1. The highest BCUT2D eigenvalue weighted by molar-refractivity contribution is 5.96. The summed E-state index contributed by atoms with van der Waals surface area (Å²) in [5, 5.41) is 9.55. The molecule has 6 heteroatoms. The van der Waals surface area contributed by atoms with E-state index < -0.39 is 5.91 Å². The quantitative estimate of drug-likeness (QED) is 0.827. The molecular formula is C11H12N4O2. The van der Waals surface area contributed by atoms with Crippen LogP contribution < -0.4 is 11.1 Å². The molecule has 1 heterocycles. The average Bonchev–Trinajstić information content (AvgIpc) is 2.76. The zero-order valence-corrected chi connectivity index (χ0v) is 9.25. The molecule has 6 nitrogen and oxygen atoms in total. The SMILES string of the molecule is CC(NC(=O)c1nonc1N)c1ccccc1. The van der Waals surface area contributed by atoms with Crippen molar-refractivity contribution in [3.8, 4) is 0 Å². The van der Waals surface area contributed by atoms with E-state index in [4.69, 9.17) is 5.73 Å². The first-order valence-electron chi connectivity index (χ1n) is 5.12. The summed E-state index contributed by atoms with van der Waals surface area (Å²) in [6, 6.07) is 9.44. The fraction of sp³-hybridized carbons (Fsp3) is 0.182. The second-order valence-electron chi connectivity index (χ2n) is 3.60. The van der Waals surface area contributed by atoms with Gasteiger partial charge in [0, 0.05) is 0 Å². The first-order chi connectivity index (χ1) is 8.18. The summed E-state index contributed by atoms with van der Waals surface area (Å²) in [6.07, 6.45) is 0. The predicted octanol–water partition coefficient (Wildman–Crippen LogP) is 1.14. The molecule has 1 atom stereocenters. The zero-order chi connectivity index (χ0) is 12.3. The maximum absolute atomic E-state index is 11.8. The molecule has 2 aromatic rings. The van der Waals surface area contributed by atoms with Crippen molar-refractivity contribution in [3.05, 3.63) is 41.6 Å². The van der Waals surface area contributed by atoms with Crippen molar-refractivity contribution in [2.75, 3.05) is 5.73 Å². The minimum absolute atomic E-state index is 0.00720. The highest BCUT2D eigenvalue weighted by Crippen LogP contribution is 2.13. The van der Waals surface area contributed by atoms with Crippen LogP contribution in [-0.4, -0.2) is 16.2 Å².